The molecule has 33 heavy (non-hydrogen) atoms. The van der Waals surface area contributed by atoms with E-state index in [1.807, 2.05) is 31.2 Å². The molecule has 0 fully saturated rings. The monoisotopic (exact) mass is 453 g/mol. The summed E-state index contributed by atoms with van der Waals surface area (Å²) in [5.41, 5.74) is 2.66. The van der Waals surface area contributed by atoms with Crippen molar-refractivity contribution >= 4 is 28.3 Å². The fraction of sp³-hybridized carbons (Fsp3) is 0.0833. The fourth-order valence-corrected chi connectivity index (χ4v) is 3.14. The van der Waals surface area contributed by atoms with Crippen LogP contribution >= 0.6 is 0 Å². The van der Waals surface area contributed by atoms with Gasteiger partial charge in [0.05, 0.1) is 0 Å². The van der Waals surface area contributed by atoms with E-state index in [2.05, 4.69) is 20.4 Å². The number of carbonyl (C=O) groups is 1. The van der Waals surface area contributed by atoms with Crippen LogP contribution in [-0.2, 0) is 0 Å². The zero-order valence-corrected chi connectivity index (χ0v) is 17.3. The maximum Gasteiger partial charge on any atom is 0.573 e. The van der Waals surface area contributed by atoms with Crippen molar-refractivity contribution in [2.75, 3.05) is 10.6 Å². The van der Waals surface area contributed by atoms with E-state index in [0.29, 0.717) is 22.9 Å². The summed E-state index contributed by atoms with van der Waals surface area (Å²) in [6.45, 7) is 2.00. The van der Waals surface area contributed by atoms with Gasteiger partial charge in [0.1, 0.15) is 17.0 Å². The average molecular weight is 453 g/mol. The first-order valence-electron chi connectivity index (χ1n) is 9.83. The second-order valence-corrected chi connectivity index (χ2v) is 7.06. The van der Waals surface area contributed by atoms with Crippen LogP contribution in [-0.4, -0.2) is 17.4 Å². The Morgan fingerprint density at radius 3 is 2.06 bits per heavy atom. The highest BCUT2D eigenvalue weighted by Gasteiger charge is 2.30. The van der Waals surface area contributed by atoms with Gasteiger partial charge >= 0.3 is 12.4 Å². The molecule has 168 valence electrons. The van der Waals surface area contributed by atoms with Gasteiger partial charge in [-0.2, -0.15) is 0 Å². The first kappa shape index (κ1) is 21.9. The molecule has 4 rings (SSSR count). The number of nitrogens with zero attached hydrogens (tertiary/aromatic N) is 1. The van der Waals surface area contributed by atoms with E-state index >= 15 is 0 Å². The highest BCUT2D eigenvalue weighted by Crippen LogP contribution is 2.31. The van der Waals surface area contributed by atoms with Gasteiger partial charge in [-0.3, -0.25) is 4.98 Å². The Morgan fingerprint density at radius 1 is 0.848 bits per heavy atom. The molecule has 0 spiro atoms. The Hall–Kier alpha value is -4.27. The summed E-state index contributed by atoms with van der Waals surface area (Å²) in [6, 6.07) is 18.7. The molecule has 0 aliphatic heterocycles. The topological polar surface area (TPSA) is 72.5 Å². The third kappa shape index (κ3) is 5.70. The molecule has 1 aromatic heterocycles. The lowest BCUT2D eigenvalue weighted by atomic mass is 10.1. The van der Waals surface area contributed by atoms with Gasteiger partial charge in [0.25, 0.3) is 0 Å². The Balaban J connectivity index is 1.37. The molecule has 0 saturated carbocycles. The smallest absolute Gasteiger partial charge is 0.455 e. The van der Waals surface area contributed by atoms with Crippen molar-refractivity contribution < 1.29 is 27.4 Å². The molecule has 4 aromatic rings. The van der Waals surface area contributed by atoms with Gasteiger partial charge in [-0.1, -0.05) is 12.1 Å². The molecule has 0 atom stereocenters. The summed E-state index contributed by atoms with van der Waals surface area (Å²) in [4.78, 5) is 16.6. The zero-order valence-electron chi connectivity index (χ0n) is 17.3. The van der Waals surface area contributed by atoms with E-state index in [-0.39, 0.29) is 5.75 Å². The number of ether oxygens (including phenoxy) is 2. The lowest BCUT2D eigenvalue weighted by Gasteiger charge is -2.12. The lowest BCUT2D eigenvalue weighted by Crippen LogP contribution is -2.19. The average Bonchev–Trinajstić information content (AvgIpc) is 2.77. The van der Waals surface area contributed by atoms with Crippen molar-refractivity contribution in [2.24, 2.45) is 0 Å². The van der Waals surface area contributed by atoms with E-state index in [0.717, 1.165) is 28.6 Å². The number of hydrogen-bond acceptors (Lipinski definition) is 4. The van der Waals surface area contributed by atoms with E-state index in [1.54, 1.807) is 30.5 Å². The highest BCUT2D eigenvalue weighted by atomic mass is 19.4. The van der Waals surface area contributed by atoms with Crippen LogP contribution in [0.2, 0.25) is 0 Å². The largest absolute Gasteiger partial charge is 0.573 e. The van der Waals surface area contributed by atoms with Crippen LogP contribution in [0.15, 0.2) is 79.0 Å². The van der Waals surface area contributed by atoms with Gasteiger partial charge in [0.2, 0.25) is 0 Å². The Bertz CT molecular complexity index is 1270. The molecule has 0 bridgehead atoms. The van der Waals surface area contributed by atoms with Crippen molar-refractivity contribution in [1.82, 2.24) is 4.98 Å². The van der Waals surface area contributed by atoms with Crippen molar-refractivity contribution in [2.45, 2.75) is 13.3 Å². The number of rotatable bonds is 5. The van der Waals surface area contributed by atoms with Crippen LogP contribution < -0.4 is 20.1 Å². The van der Waals surface area contributed by atoms with Gasteiger partial charge in [-0.05, 0) is 73.2 Å². The van der Waals surface area contributed by atoms with Crippen LogP contribution in [0.5, 0.6) is 17.2 Å². The highest BCUT2D eigenvalue weighted by molar-refractivity contribution is 5.99. The summed E-state index contributed by atoms with van der Waals surface area (Å²) in [5, 5.41) is 6.18. The molecular weight excluding hydrogens is 435 g/mol. The van der Waals surface area contributed by atoms with E-state index in [9.17, 15) is 18.0 Å². The summed E-state index contributed by atoms with van der Waals surface area (Å²) in [5.74, 6) is 0.810. The SMILES string of the molecule is Cc1ccc(Oc2ccc(NC(=O)Nc3ccc(OC(F)(F)F)cc3)cc2)c2ncccc12. The molecule has 0 radical (unpaired) electrons. The van der Waals surface area contributed by atoms with Crippen molar-refractivity contribution in [3.8, 4) is 17.2 Å². The van der Waals surface area contributed by atoms with Crippen molar-refractivity contribution in [3.05, 3.63) is 84.6 Å². The summed E-state index contributed by atoms with van der Waals surface area (Å²) < 4.78 is 46.4. The van der Waals surface area contributed by atoms with Crippen LogP contribution in [0.3, 0.4) is 0 Å². The molecule has 0 aliphatic carbocycles. The number of urea groups is 1. The molecule has 0 saturated heterocycles. The van der Waals surface area contributed by atoms with Gasteiger partial charge in [-0.15, -0.1) is 13.2 Å². The van der Waals surface area contributed by atoms with Crippen molar-refractivity contribution in [3.63, 3.8) is 0 Å². The fourth-order valence-electron chi connectivity index (χ4n) is 3.14. The zero-order chi connectivity index (χ0) is 23.4. The first-order chi connectivity index (χ1) is 15.8. The Morgan fingerprint density at radius 2 is 1.45 bits per heavy atom. The van der Waals surface area contributed by atoms with Crippen LogP contribution in [0.25, 0.3) is 10.9 Å². The first-order valence-corrected chi connectivity index (χ1v) is 9.83. The molecule has 1 heterocycles. The quantitative estimate of drug-likeness (QED) is 0.346. The van der Waals surface area contributed by atoms with Gasteiger partial charge < -0.3 is 20.1 Å². The van der Waals surface area contributed by atoms with Gasteiger partial charge in [-0.25, -0.2) is 4.79 Å². The molecular formula is C24H18F3N3O3. The van der Waals surface area contributed by atoms with Crippen LogP contribution in [0, 0.1) is 6.92 Å². The number of nitrogens with one attached hydrogen (secondary N) is 2. The summed E-state index contributed by atoms with van der Waals surface area (Å²) >= 11 is 0. The minimum atomic E-state index is -4.77. The minimum absolute atomic E-state index is 0.306. The standard InChI is InChI=1S/C24H18F3N3O3/c1-15-4-13-21(22-20(15)3-2-14-28-22)32-18-9-5-16(6-10-18)29-23(31)30-17-7-11-19(12-8-17)33-24(25,26)27/h2-14H,1H3,(H2,29,30,31). The number of carbonyl (C=O) groups excluding carboxylic acids is 1. The number of fused-ring (bicyclic) bond motifs is 1. The van der Waals surface area contributed by atoms with E-state index < -0.39 is 12.4 Å². The number of anilines is 2. The number of aromatic nitrogens is 1. The molecule has 2 amide bonds. The van der Waals surface area contributed by atoms with E-state index in [4.69, 9.17) is 4.74 Å². The maximum absolute atomic E-state index is 12.2. The Kier molecular flexibility index (Phi) is 6.03. The predicted octanol–water partition coefficient (Wildman–Crippen LogP) is 6.88. The maximum atomic E-state index is 12.2. The van der Waals surface area contributed by atoms with Gasteiger partial charge in [0, 0.05) is 23.0 Å². The third-order valence-corrected chi connectivity index (χ3v) is 4.64. The Labute approximate surface area is 187 Å². The number of hydrogen-bond donors (Lipinski definition) is 2. The number of halogens is 3. The molecule has 0 aliphatic rings. The predicted molar refractivity (Wildman–Crippen MR) is 119 cm³/mol. The molecule has 9 heteroatoms. The van der Waals surface area contributed by atoms with E-state index in [1.165, 1.54) is 12.1 Å². The lowest BCUT2D eigenvalue weighted by molar-refractivity contribution is -0.274. The number of alkyl halides is 3. The van der Waals surface area contributed by atoms with Gasteiger partial charge in [0.15, 0.2) is 5.75 Å². The second kappa shape index (κ2) is 9.07. The molecule has 0 unspecified atom stereocenters. The summed E-state index contributed by atoms with van der Waals surface area (Å²) in [7, 11) is 0. The molecule has 2 N–H and O–H groups in total. The van der Waals surface area contributed by atoms with Crippen molar-refractivity contribution in [1.29, 1.82) is 0 Å². The molecule has 6 nitrogen and oxygen atoms in total. The summed E-state index contributed by atoms with van der Waals surface area (Å²) in [6.07, 6.45) is -3.07. The third-order valence-electron chi connectivity index (χ3n) is 4.64. The minimum Gasteiger partial charge on any atom is -0.455 e. The number of amides is 2. The normalized spacial score (nSPS) is 11.2. The van der Waals surface area contributed by atoms with Crippen LogP contribution in [0.4, 0.5) is 29.3 Å². The number of aryl methyl sites for hydroxylation is 1. The second-order valence-electron chi connectivity index (χ2n) is 7.06. The number of pyridine rings is 1. The van der Waals surface area contributed by atoms with Crippen LogP contribution in [0.1, 0.15) is 5.56 Å². The number of benzene rings is 3. The molecule has 3 aromatic carbocycles.